The standard InChI is InChI=1S/C23H20N2O5/c1-13(19-14(2)29-22(24-19)17-6-4-3-5-7-17)20(26)16-10-8-15(9-11-16)12-18-21(27)25-23(28)30-18/h3-11,13,18H,12H2,1-2H3,(H,25,27,28). The lowest BCUT2D eigenvalue weighted by Crippen LogP contribution is -2.25. The highest BCUT2D eigenvalue weighted by Crippen LogP contribution is 2.28. The van der Waals surface area contributed by atoms with Gasteiger partial charge in [0.05, 0.1) is 11.6 Å². The number of hydrogen-bond acceptors (Lipinski definition) is 6. The van der Waals surface area contributed by atoms with E-state index in [1.54, 1.807) is 38.1 Å². The number of rotatable bonds is 6. The van der Waals surface area contributed by atoms with Crippen molar-refractivity contribution < 1.29 is 23.5 Å². The average Bonchev–Trinajstić information content (AvgIpc) is 3.29. The van der Waals surface area contributed by atoms with E-state index in [-0.39, 0.29) is 12.2 Å². The Morgan fingerprint density at radius 3 is 2.43 bits per heavy atom. The number of aryl methyl sites for hydroxylation is 1. The van der Waals surface area contributed by atoms with Crippen molar-refractivity contribution in [1.29, 1.82) is 0 Å². The summed E-state index contributed by atoms with van der Waals surface area (Å²) < 4.78 is 10.7. The first kappa shape index (κ1) is 19.6. The largest absolute Gasteiger partial charge is 0.441 e. The molecule has 1 aromatic heterocycles. The third-order valence-electron chi connectivity index (χ3n) is 5.08. The fraction of sp³-hybridized carbons (Fsp3) is 0.217. The van der Waals surface area contributed by atoms with Gasteiger partial charge in [0.15, 0.2) is 11.9 Å². The number of oxazole rings is 1. The van der Waals surface area contributed by atoms with E-state index in [2.05, 4.69) is 10.3 Å². The minimum absolute atomic E-state index is 0.0809. The zero-order valence-corrected chi connectivity index (χ0v) is 16.5. The lowest BCUT2D eigenvalue weighted by atomic mass is 9.94. The van der Waals surface area contributed by atoms with Gasteiger partial charge in [-0.2, -0.15) is 0 Å². The molecule has 2 amide bonds. The van der Waals surface area contributed by atoms with Crippen LogP contribution in [0.4, 0.5) is 4.79 Å². The van der Waals surface area contributed by atoms with Gasteiger partial charge in [-0.05, 0) is 31.5 Å². The molecule has 30 heavy (non-hydrogen) atoms. The van der Waals surface area contributed by atoms with Crippen LogP contribution in [0.25, 0.3) is 11.5 Å². The van der Waals surface area contributed by atoms with Crippen molar-refractivity contribution in [1.82, 2.24) is 10.3 Å². The van der Waals surface area contributed by atoms with Gasteiger partial charge in [-0.3, -0.25) is 14.9 Å². The molecule has 2 atom stereocenters. The van der Waals surface area contributed by atoms with Crippen molar-refractivity contribution >= 4 is 17.8 Å². The molecule has 1 aliphatic heterocycles. The van der Waals surface area contributed by atoms with Crippen LogP contribution in [-0.4, -0.2) is 28.9 Å². The molecule has 0 radical (unpaired) electrons. The minimum Gasteiger partial charge on any atom is -0.441 e. The number of carbonyl (C=O) groups is 3. The van der Waals surface area contributed by atoms with Crippen LogP contribution in [-0.2, 0) is 16.0 Å². The van der Waals surface area contributed by atoms with Gasteiger partial charge in [-0.15, -0.1) is 0 Å². The molecule has 1 aliphatic rings. The molecule has 2 aromatic carbocycles. The predicted molar refractivity (Wildman–Crippen MR) is 108 cm³/mol. The summed E-state index contributed by atoms with van der Waals surface area (Å²) in [6, 6.07) is 16.5. The Balaban J connectivity index is 1.48. The van der Waals surface area contributed by atoms with Crippen LogP contribution in [0.1, 0.15) is 40.2 Å². The fourth-order valence-electron chi connectivity index (χ4n) is 3.44. The van der Waals surface area contributed by atoms with Gasteiger partial charge in [0.1, 0.15) is 5.76 Å². The van der Waals surface area contributed by atoms with Crippen molar-refractivity contribution in [2.24, 2.45) is 0 Å². The SMILES string of the molecule is Cc1oc(-c2ccccc2)nc1C(C)C(=O)c1ccc(CC2OC(=O)NC2=O)cc1. The van der Waals surface area contributed by atoms with E-state index in [0.717, 1.165) is 11.1 Å². The molecule has 1 saturated heterocycles. The average molecular weight is 404 g/mol. The lowest BCUT2D eigenvalue weighted by Gasteiger charge is -2.10. The summed E-state index contributed by atoms with van der Waals surface area (Å²) in [5.41, 5.74) is 2.78. The summed E-state index contributed by atoms with van der Waals surface area (Å²) in [5, 5.41) is 2.10. The van der Waals surface area contributed by atoms with Gasteiger partial charge in [-0.1, -0.05) is 42.5 Å². The molecule has 3 aromatic rings. The van der Waals surface area contributed by atoms with Gasteiger partial charge in [0.25, 0.3) is 5.91 Å². The monoisotopic (exact) mass is 404 g/mol. The van der Waals surface area contributed by atoms with E-state index in [9.17, 15) is 14.4 Å². The van der Waals surface area contributed by atoms with Gasteiger partial charge in [0.2, 0.25) is 5.89 Å². The third kappa shape index (κ3) is 3.87. The van der Waals surface area contributed by atoms with Gasteiger partial charge >= 0.3 is 6.09 Å². The topological polar surface area (TPSA) is 98.5 Å². The summed E-state index contributed by atoms with van der Waals surface area (Å²) in [6.45, 7) is 3.60. The number of aromatic nitrogens is 1. The van der Waals surface area contributed by atoms with Gasteiger partial charge in [-0.25, -0.2) is 9.78 Å². The maximum absolute atomic E-state index is 13.0. The molecular weight excluding hydrogens is 384 g/mol. The number of carbonyl (C=O) groups excluding carboxylic acids is 3. The second-order valence-corrected chi connectivity index (χ2v) is 7.20. The zero-order valence-electron chi connectivity index (χ0n) is 16.5. The number of benzene rings is 2. The van der Waals surface area contributed by atoms with Crippen molar-refractivity contribution in [3.8, 4) is 11.5 Å². The first-order valence-electron chi connectivity index (χ1n) is 9.59. The molecule has 0 saturated carbocycles. The molecule has 7 nitrogen and oxygen atoms in total. The van der Waals surface area contributed by atoms with Gasteiger partial charge in [0, 0.05) is 17.5 Å². The van der Waals surface area contributed by atoms with Crippen LogP contribution in [0.15, 0.2) is 59.0 Å². The Labute approximate surface area is 173 Å². The molecule has 0 spiro atoms. The number of ketones is 1. The quantitative estimate of drug-likeness (QED) is 0.627. The molecule has 1 fully saturated rings. The molecule has 2 unspecified atom stereocenters. The number of cyclic esters (lactones) is 1. The Bertz CT molecular complexity index is 1100. The number of imide groups is 1. The third-order valence-corrected chi connectivity index (χ3v) is 5.08. The molecule has 4 rings (SSSR count). The molecule has 2 heterocycles. The van der Waals surface area contributed by atoms with Crippen molar-refractivity contribution in [3.05, 3.63) is 77.2 Å². The summed E-state index contributed by atoms with van der Waals surface area (Å²) in [5.74, 6) is 0.0913. The highest BCUT2D eigenvalue weighted by atomic mass is 16.6. The number of nitrogens with zero attached hydrogens (tertiary/aromatic N) is 1. The molecule has 0 bridgehead atoms. The van der Waals surface area contributed by atoms with Crippen molar-refractivity contribution in [3.63, 3.8) is 0 Å². The summed E-state index contributed by atoms with van der Waals surface area (Å²) in [4.78, 5) is 40.3. The van der Waals surface area contributed by atoms with E-state index in [4.69, 9.17) is 9.15 Å². The Morgan fingerprint density at radius 1 is 1.10 bits per heavy atom. The van der Waals surface area contributed by atoms with Crippen LogP contribution in [0.5, 0.6) is 0 Å². The van der Waals surface area contributed by atoms with Crippen LogP contribution >= 0.6 is 0 Å². The van der Waals surface area contributed by atoms with E-state index in [1.807, 2.05) is 30.3 Å². The summed E-state index contributed by atoms with van der Waals surface area (Å²) >= 11 is 0. The molecule has 0 aliphatic carbocycles. The number of alkyl carbamates (subject to hydrolysis) is 1. The normalized spacial score (nSPS) is 16.8. The number of amides is 2. The van der Waals surface area contributed by atoms with Crippen LogP contribution < -0.4 is 5.32 Å². The van der Waals surface area contributed by atoms with Crippen LogP contribution in [0, 0.1) is 6.92 Å². The second kappa shape index (κ2) is 7.94. The van der Waals surface area contributed by atoms with E-state index < -0.39 is 24.0 Å². The number of Topliss-reactive ketones (excluding diaryl/α,β-unsaturated/α-hetero) is 1. The first-order valence-corrected chi connectivity index (χ1v) is 9.59. The van der Waals surface area contributed by atoms with Crippen molar-refractivity contribution in [2.45, 2.75) is 32.3 Å². The minimum atomic E-state index is -0.841. The Hall–Kier alpha value is -3.74. The predicted octanol–water partition coefficient (Wildman–Crippen LogP) is 3.81. The highest BCUT2D eigenvalue weighted by molar-refractivity contribution is 6.01. The Kier molecular flexibility index (Phi) is 5.18. The number of ether oxygens (including phenoxy) is 1. The summed E-state index contributed by atoms with van der Waals surface area (Å²) in [6.07, 6.45) is -1.32. The molecular formula is C23H20N2O5. The summed E-state index contributed by atoms with van der Waals surface area (Å²) in [7, 11) is 0. The first-order chi connectivity index (χ1) is 14.4. The van der Waals surface area contributed by atoms with E-state index in [1.165, 1.54) is 0 Å². The van der Waals surface area contributed by atoms with Crippen molar-refractivity contribution in [2.75, 3.05) is 0 Å². The second-order valence-electron chi connectivity index (χ2n) is 7.20. The van der Waals surface area contributed by atoms with Crippen LogP contribution in [0.2, 0.25) is 0 Å². The Morgan fingerprint density at radius 2 is 1.80 bits per heavy atom. The highest BCUT2D eigenvalue weighted by Gasteiger charge is 2.32. The van der Waals surface area contributed by atoms with Crippen LogP contribution in [0.3, 0.4) is 0 Å². The number of nitrogens with one attached hydrogen (secondary N) is 1. The molecule has 7 heteroatoms. The maximum atomic E-state index is 13.0. The van der Waals surface area contributed by atoms with E-state index >= 15 is 0 Å². The van der Waals surface area contributed by atoms with Gasteiger partial charge < -0.3 is 9.15 Å². The molecule has 152 valence electrons. The number of hydrogen-bond donors (Lipinski definition) is 1. The fourth-order valence-corrected chi connectivity index (χ4v) is 3.44. The van der Waals surface area contributed by atoms with E-state index in [0.29, 0.717) is 22.9 Å². The molecule has 1 N–H and O–H groups in total. The smallest absolute Gasteiger partial charge is 0.414 e. The lowest BCUT2D eigenvalue weighted by molar-refractivity contribution is -0.123. The zero-order chi connectivity index (χ0) is 21.3. The maximum Gasteiger partial charge on any atom is 0.414 e.